The summed E-state index contributed by atoms with van der Waals surface area (Å²) in [5.41, 5.74) is 6.91. The van der Waals surface area contributed by atoms with Gasteiger partial charge in [-0.05, 0) is 24.8 Å². The van der Waals surface area contributed by atoms with Gasteiger partial charge in [-0.3, -0.25) is 4.79 Å². The lowest BCUT2D eigenvalue weighted by Gasteiger charge is -2.16. The molecule has 0 bridgehead atoms. The monoisotopic (exact) mass is 292 g/mol. The molecule has 116 valence electrons. The van der Waals surface area contributed by atoms with Crippen LogP contribution in [-0.4, -0.2) is 26.2 Å². The maximum atomic E-state index is 12.0. The Balaban J connectivity index is 1.92. The van der Waals surface area contributed by atoms with Gasteiger partial charge < -0.3 is 20.5 Å². The Kier molecular flexibility index (Phi) is 5.44. The van der Waals surface area contributed by atoms with Crippen LogP contribution in [0.5, 0.6) is 11.5 Å². The molecule has 1 aliphatic carbocycles. The van der Waals surface area contributed by atoms with Gasteiger partial charge in [-0.15, -0.1) is 0 Å². The maximum Gasteiger partial charge on any atom is 0.220 e. The van der Waals surface area contributed by atoms with E-state index in [4.69, 9.17) is 15.2 Å². The molecule has 2 atom stereocenters. The molecule has 0 radical (unpaired) electrons. The minimum atomic E-state index is 0.0437. The standard InChI is InChI=1S/C16H24N2O3/c1-20-14-8-4-6-12(16(14)21-2)10-18-15(19)9-11-5-3-7-13(11)17/h4,6,8,11,13H,3,5,7,9-10,17H2,1-2H3,(H,18,19)/t11-,13+/m0/s1. The first-order valence-corrected chi connectivity index (χ1v) is 7.37. The molecule has 3 N–H and O–H groups in total. The summed E-state index contributed by atoms with van der Waals surface area (Å²) in [5, 5.41) is 2.94. The highest BCUT2D eigenvalue weighted by Crippen LogP contribution is 2.31. The zero-order valence-corrected chi connectivity index (χ0v) is 12.7. The van der Waals surface area contributed by atoms with Crippen LogP contribution < -0.4 is 20.5 Å². The van der Waals surface area contributed by atoms with Crippen LogP contribution in [0.25, 0.3) is 0 Å². The fourth-order valence-electron chi connectivity index (χ4n) is 2.92. The van der Waals surface area contributed by atoms with E-state index in [-0.39, 0.29) is 11.9 Å². The average Bonchev–Trinajstić information content (AvgIpc) is 2.89. The lowest BCUT2D eigenvalue weighted by atomic mass is 10.00. The van der Waals surface area contributed by atoms with Crippen molar-refractivity contribution in [2.24, 2.45) is 11.7 Å². The van der Waals surface area contributed by atoms with Crippen molar-refractivity contribution in [3.63, 3.8) is 0 Å². The Morgan fingerprint density at radius 2 is 2.14 bits per heavy atom. The molecule has 0 spiro atoms. The third-order valence-corrected chi connectivity index (χ3v) is 4.13. The highest BCUT2D eigenvalue weighted by Gasteiger charge is 2.26. The first kappa shape index (κ1) is 15.6. The summed E-state index contributed by atoms with van der Waals surface area (Å²) in [6.07, 6.45) is 3.72. The summed E-state index contributed by atoms with van der Waals surface area (Å²) in [5.74, 6) is 1.69. The van der Waals surface area contributed by atoms with Crippen molar-refractivity contribution < 1.29 is 14.3 Å². The Bertz CT molecular complexity index is 490. The van der Waals surface area contributed by atoms with E-state index < -0.39 is 0 Å². The smallest absolute Gasteiger partial charge is 0.220 e. The maximum absolute atomic E-state index is 12.0. The highest BCUT2D eigenvalue weighted by atomic mass is 16.5. The number of carbonyl (C=O) groups is 1. The molecule has 1 aromatic carbocycles. The molecule has 0 unspecified atom stereocenters. The molecule has 0 aromatic heterocycles. The minimum absolute atomic E-state index is 0.0437. The molecular weight excluding hydrogens is 268 g/mol. The molecule has 1 saturated carbocycles. The number of benzene rings is 1. The summed E-state index contributed by atoms with van der Waals surface area (Å²) in [4.78, 5) is 12.0. The third kappa shape index (κ3) is 3.88. The van der Waals surface area contributed by atoms with E-state index in [1.54, 1.807) is 14.2 Å². The third-order valence-electron chi connectivity index (χ3n) is 4.13. The van der Waals surface area contributed by atoms with Crippen LogP contribution in [-0.2, 0) is 11.3 Å². The second-order valence-electron chi connectivity index (χ2n) is 5.49. The topological polar surface area (TPSA) is 73.6 Å². The van der Waals surface area contributed by atoms with Crippen molar-refractivity contribution in [1.29, 1.82) is 0 Å². The number of amides is 1. The highest BCUT2D eigenvalue weighted by molar-refractivity contribution is 5.76. The summed E-state index contributed by atoms with van der Waals surface area (Å²) in [6.45, 7) is 0.432. The van der Waals surface area contributed by atoms with Crippen molar-refractivity contribution in [1.82, 2.24) is 5.32 Å². The number of methoxy groups -OCH3 is 2. The number of nitrogens with one attached hydrogen (secondary N) is 1. The van der Waals surface area contributed by atoms with Gasteiger partial charge >= 0.3 is 0 Å². The first-order valence-electron chi connectivity index (χ1n) is 7.37. The minimum Gasteiger partial charge on any atom is -0.493 e. The second-order valence-corrected chi connectivity index (χ2v) is 5.49. The van der Waals surface area contributed by atoms with Crippen LogP contribution in [0.15, 0.2) is 18.2 Å². The van der Waals surface area contributed by atoms with Crippen LogP contribution in [0.1, 0.15) is 31.2 Å². The van der Waals surface area contributed by atoms with Gasteiger partial charge in [-0.1, -0.05) is 18.6 Å². The molecule has 1 aliphatic rings. The second kappa shape index (κ2) is 7.31. The van der Waals surface area contributed by atoms with E-state index in [0.717, 1.165) is 24.8 Å². The van der Waals surface area contributed by atoms with Crippen molar-refractivity contribution >= 4 is 5.91 Å². The van der Waals surface area contributed by atoms with Crippen molar-refractivity contribution in [2.75, 3.05) is 14.2 Å². The van der Waals surface area contributed by atoms with Crippen molar-refractivity contribution in [2.45, 2.75) is 38.3 Å². The Morgan fingerprint density at radius 1 is 1.33 bits per heavy atom. The van der Waals surface area contributed by atoms with Gasteiger partial charge in [0.1, 0.15) is 0 Å². The fraction of sp³-hybridized carbons (Fsp3) is 0.562. The molecule has 1 fully saturated rings. The predicted octanol–water partition coefficient (Wildman–Crippen LogP) is 1.84. The molecule has 21 heavy (non-hydrogen) atoms. The Hall–Kier alpha value is -1.75. The normalized spacial score (nSPS) is 21.1. The molecule has 0 aliphatic heterocycles. The van der Waals surface area contributed by atoms with Crippen LogP contribution in [0.4, 0.5) is 0 Å². The molecule has 2 rings (SSSR count). The van der Waals surface area contributed by atoms with Gasteiger partial charge in [0, 0.05) is 24.6 Å². The number of nitrogens with two attached hydrogens (primary N) is 1. The van der Waals surface area contributed by atoms with E-state index in [9.17, 15) is 4.79 Å². The van der Waals surface area contributed by atoms with Gasteiger partial charge in [0.15, 0.2) is 11.5 Å². The SMILES string of the molecule is COc1cccc(CNC(=O)C[C@@H]2CCC[C@H]2N)c1OC. The number of rotatable bonds is 6. The molecule has 1 aromatic rings. The van der Waals surface area contributed by atoms with Crippen molar-refractivity contribution in [3.05, 3.63) is 23.8 Å². The van der Waals surface area contributed by atoms with E-state index in [0.29, 0.717) is 30.4 Å². The Labute approximate surface area is 125 Å². The lowest BCUT2D eigenvalue weighted by Crippen LogP contribution is -2.31. The summed E-state index contributed by atoms with van der Waals surface area (Å²) in [6, 6.07) is 5.81. The van der Waals surface area contributed by atoms with Crippen LogP contribution in [0.2, 0.25) is 0 Å². The van der Waals surface area contributed by atoms with E-state index in [1.165, 1.54) is 0 Å². The lowest BCUT2D eigenvalue weighted by molar-refractivity contribution is -0.122. The van der Waals surface area contributed by atoms with Crippen molar-refractivity contribution in [3.8, 4) is 11.5 Å². The predicted molar refractivity (Wildman–Crippen MR) is 81.3 cm³/mol. The zero-order chi connectivity index (χ0) is 15.2. The number of carbonyl (C=O) groups excluding carboxylic acids is 1. The zero-order valence-electron chi connectivity index (χ0n) is 12.7. The summed E-state index contributed by atoms with van der Waals surface area (Å²) >= 11 is 0. The number of para-hydroxylation sites is 1. The molecule has 0 heterocycles. The van der Waals surface area contributed by atoms with Gasteiger partial charge in [0.25, 0.3) is 0 Å². The Morgan fingerprint density at radius 3 is 2.76 bits per heavy atom. The number of hydrogen-bond donors (Lipinski definition) is 2. The molecule has 5 nitrogen and oxygen atoms in total. The largest absolute Gasteiger partial charge is 0.493 e. The van der Waals surface area contributed by atoms with Crippen LogP contribution >= 0.6 is 0 Å². The van der Waals surface area contributed by atoms with Crippen LogP contribution in [0, 0.1) is 5.92 Å². The number of hydrogen-bond acceptors (Lipinski definition) is 4. The van der Waals surface area contributed by atoms with E-state index in [2.05, 4.69) is 5.32 Å². The van der Waals surface area contributed by atoms with Gasteiger partial charge in [0.05, 0.1) is 14.2 Å². The van der Waals surface area contributed by atoms with Crippen LogP contribution in [0.3, 0.4) is 0 Å². The molecule has 0 saturated heterocycles. The molecule has 1 amide bonds. The first-order chi connectivity index (χ1) is 10.2. The van der Waals surface area contributed by atoms with E-state index in [1.807, 2.05) is 18.2 Å². The van der Waals surface area contributed by atoms with Gasteiger partial charge in [-0.25, -0.2) is 0 Å². The van der Waals surface area contributed by atoms with Gasteiger partial charge in [0.2, 0.25) is 5.91 Å². The van der Waals surface area contributed by atoms with E-state index >= 15 is 0 Å². The molecule has 5 heteroatoms. The van der Waals surface area contributed by atoms with Gasteiger partial charge in [-0.2, -0.15) is 0 Å². The molecular formula is C16H24N2O3. The number of ether oxygens (including phenoxy) is 2. The fourth-order valence-corrected chi connectivity index (χ4v) is 2.92. The summed E-state index contributed by atoms with van der Waals surface area (Å²) < 4.78 is 10.6. The summed E-state index contributed by atoms with van der Waals surface area (Å²) in [7, 11) is 3.20. The quantitative estimate of drug-likeness (QED) is 0.839. The average molecular weight is 292 g/mol.